The van der Waals surface area contributed by atoms with E-state index in [1.165, 1.54) is 7.11 Å². The number of carbonyl (C=O) groups excluding carboxylic acids is 2. The molecule has 0 saturated carbocycles. The topological polar surface area (TPSA) is 66.8 Å². The molecule has 2 aromatic rings. The minimum absolute atomic E-state index is 0.169. The molecular formula is C18H21NO5. The predicted molar refractivity (Wildman–Crippen MR) is 88.4 cm³/mol. The Kier molecular flexibility index (Phi) is 6.01. The summed E-state index contributed by atoms with van der Waals surface area (Å²) in [7, 11) is 1.41. The highest BCUT2D eigenvalue weighted by molar-refractivity contribution is 6.00. The second kappa shape index (κ2) is 8.19. The van der Waals surface area contributed by atoms with Crippen LogP contribution < -0.4 is 4.74 Å². The largest absolute Gasteiger partial charge is 0.493 e. The van der Waals surface area contributed by atoms with Crippen molar-refractivity contribution < 1.29 is 23.8 Å². The van der Waals surface area contributed by atoms with Crippen molar-refractivity contribution in [1.82, 2.24) is 4.57 Å². The van der Waals surface area contributed by atoms with Crippen LogP contribution in [0.1, 0.15) is 40.3 Å². The molecule has 0 aliphatic carbocycles. The Labute approximate surface area is 140 Å². The molecule has 0 radical (unpaired) electrons. The van der Waals surface area contributed by atoms with Crippen molar-refractivity contribution in [2.24, 2.45) is 0 Å². The van der Waals surface area contributed by atoms with Gasteiger partial charge >= 0.3 is 11.9 Å². The molecule has 0 aliphatic heterocycles. The fraction of sp³-hybridized carbons (Fsp3) is 0.333. The number of esters is 2. The van der Waals surface area contributed by atoms with Crippen molar-refractivity contribution in [1.29, 1.82) is 0 Å². The summed E-state index contributed by atoms with van der Waals surface area (Å²) in [6.07, 6.45) is 1.57. The van der Waals surface area contributed by atoms with Crippen molar-refractivity contribution in [3.8, 4) is 5.75 Å². The van der Waals surface area contributed by atoms with Crippen molar-refractivity contribution >= 4 is 11.9 Å². The van der Waals surface area contributed by atoms with Gasteiger partial charge in [-0.3, -0.25) is 0 Å². The van der Waals surface area contributed by atoms with Gasteiger partial charge in [0.2, 0.25) is 0 Å². The molecule has 0 atom stereocenters. The van der Waals surface area contributed by atoms with Crippen molar-refractivity contribution in [3.05, 3.63) is 53.3 Å². The number of rotatable bonds is 7. The van der Waals surface area contributed by atoms with Gasteiger partial charge in [0.15, 0.2) is 11.4 Å². The van der Waals surface area contributed by atoms with E-state index in [0.717, 1.165) is 5.56 Å². The zero-order chi connectivity index (χ0) is 17.5. The SMILES string of the molecule is CCOC(=O)c1cn(Cc2ccccc2)c(C(=O)OCC)c1OC. The zero-order valence-corrected chi connectivity index (χ0v) is 14.1. The van der Waals surface area contributed by atoms with Crippen LogP contribution in [0.25, 0.3) is 0 Å². The summed E-state index contributed by atoms with van der Waals surface area (Å²) in [5, 5.41) is 0. The molecule has 128 valence electrons. The summed E-state index contributed by atoms with van der Waals surface area (Å²) in [5.74, 6) is -0.907. The summed E-state index contributed by atoms with van der Waals surface area (Å²) >= 11 is 0. The number of ether oxygens (including phenoxy) is 3. The second-order valence-corrected chi connectivity index (χ2v) is 4.98. The molecule has 0 aliphatic rings. The van der Waals surface area contributed by atoms with E-state index < -0.39 is 11.9 Å². The van der Waals surface area contributed by atoms with Crippen molar-refractivity contribution in [3.63, 3.8) is 0 Å². The molecule has 0 unspecified atom stereocenters. The Morgan fingerprint density at radius 3 is 2.21 bits per heavy atom. The van der Waals surface area contributed by atoms with Gasteiger partial charge in [-0.2, -0.15) is 0 Å². The van der Waals surface area contributed by atoms with Crippen molar-refractivity contribution in [2.45, 2.75) is 20.4 Å². The minimum Gasteiger partial charge on any atom is -0.493 e. The summed E-state index contributed by atoms with van der Waals surface area (Å²) in [5.41, 5.74) is 1.39. The summed E-state index contributed by atoms with van der Waals surface area (Å²) in [6.45, 7) is 4.32. The lowest BCUT2D eigenvalue weighted by Gasteiger charge is -2.10. The van der Waals surface area contributed by atoms with Gasteiger partial charge in [-0.15, -0.1) is 0 Å². The Morgan fingerprint density at radius 2 is 1.62 bits per heavy atom. The third-order valence-corrected chi connectivity index (χ3v) is 3.40. The first-order valence-corrected chi connectivity index (χ1v) is 7.77. The number of methoxy groups -OCH3 is 1. The van der Waals surface area contributed by atoms with Crippen LogP contribution in [-0.4, -0.2) is 36.8 Å². The Hall–Kier alpha value is -2.76. The molecule has 0 N–H and O–H groups in total. The van der Waals surface area contributed by atoms with Gasteiger partial charge in [0, 0.05) is 12.7 Å². The third-order valence-electron chi connectivity index (χ3n) is 3.40. The number of hydrogen-bond acceptors (Lipinski definition) is 5. The maximum atomic E-state index is 12.4. The van der Waals surface area contributed by atoms with Gasteiger partial charge in [-0.05, 0) is 19.4 Å². The number of carbonyl (C=O) groups is 2. The quantitative estimate of drug-likeness (QED) is 0.730. The van der Waals surface area contributed by atoms with Crippen LogP contribution in [0.2, 0.25) is 0 Å². The average molecular weight is 331 g/mol. The van der Waals surface area contributed by atoms with Crippen LogP contribution in [0.15, 0.2) is 36.5 Å². The number of benzene rings is 1. The monoisotopic (exact) mass is 331 g/mol. The zero-order valence-electron chi connectivity index (χ0n) is 14.1. The van der Waals surface area contributed by atoms with Gasteiger partial charge in [0.1, 0.15) is 5.56 Å². The van der Waals surface area contributed by atoms with Gasteiger partial charge in [-0.1, -0.05) is 30.3 Å². The van der Waals surface area contributed by atoms with E-state index in [9.17, 15) is 9.59 Å². The second-order valence-electron chi connectivity index (χ2n) is 4.98. The average Bonchev–Trinajstić information content (AvgIpc) is 2.94. The van der Waals surface area contributed by atoms with Crippen molar-refractivity contribution in [2.75, 3.05) is 20.3 Å². The summed E-state index contributed by atoms with van der Waals surface area (Å²) < 4.78 is 17.1. The maximum absolute atomic E-state index is 12.4. The van der Waals surface area contributed by atoms with E-state index in [4.69, 9.17) is 14.2 Å². The summed E-state index contributed by atoms with van der Waals surface area (Å²) in [6, 6.07) is 9.60. The highest BCUT2D eigenvalue weighted by atomic mass is 16.5. The number of nitrogens with zero attached hydrogens (tertiary/aromatic N) is 1. The van der Waals surface area contributed by atoms with E-state index in [1.807, 2.05) is 30.3 Å². The molecule has 0 amide bonds. The lowest BCUT2D eigenvalue weighted by molar-refractivity contribution is 0.0510. The molecule has 1 heterocycles. The number of hydrogen-bond donors (Lipinski definition) is 0. The smallest absolute Gasteiger partial charge is 0.358 e. The fourth-order valence-electron chi connectivity index (χ4n) is 2.41. The van der Waals surface area contributed by atoms with E-state index in [2.05, 4.69) is 0 Å². The molecule has 24 heavy (non-hydrogen) atoms. The van der Waals surface area contributed by atoms with Crippen LogP contribution in [0, 0.1) is 0 Å². The molecule has 0 fully saturated rings. The number of aromatic nitrogens is 1. The molecule has 6 heteroatoms. The molecular weight excluding hydrogens is 310 g/mol. The normalized spacial score (nSPS) is 10.3. The Balaban J connectivity index is 2.50. The molecule has 1 aromatic heterocycles. The molecule has 0 spiro atoms. The summed E-state index contributed by atoms with van der Waals surface area (Å²) in [4.78, 5) is 24.5. The molecule has 6 nitrogen and oxygen atoms in total. The molecule has 0 saturated heterocycles. The highest BCUT2D eigenvalue weighted by Gasteiger charge is 2.28. The molecule has 1 aromatic carbocycles. The van der Waals surface area contributed by atoms with E-state index in [0.29, 0.717) is 6.54 Å². The lowest BCUT2D eigenvalue weighted by Crippen LogP contribution is -2.13. The van der Waals surface area contributed by atoms with E-state index in [1.54, 1.807) is 24.6 Å². The van der Waals surface area contributed by atoms with E-state index >= 15 is 0 Å². The standard InChI is InChI=1S/C18H21NO5/c1-4-23-17(20)14-12-19(11-13-9-7-6-8-10-13)15(16(14)22-3)18(21)24-5-2/h6-10,12H,4-5,11H2,1-3H3. The molecule has 0 bridgehead atoms. The minimum atomic E-state index is -0.541. The lowest BCUT2D eigenvalue weighted by atomic mass is 10.2. The first kappa shape index (κ1) is 17.6. The van der Waals surface area contributed by atoms with E-state index in [-0.39, 0.29) is 30.2 Å². The van der Waals surface area contributed by atoms with Gasteiger partial charge in [0.05, 0.1) is 20.3 Å². The van der Waals surface area contributed by atoms with Crippen LogP contribution in [-0.2, 0) is 16.0 Å². The maximum Gasteiger partial charge on any atom is 0.358 e. The van der Waals surface area contributed by atoms with Gasteiger partial charge in [0.25, 0.3) is 0 Å². The predicted octanol–water partition coefficient (Wildman–Crippen LogP) is 2.90. The Bertz CT molecular complexity index is 706. The van der Waals surface area contributed by atoms with Crippen LogP contribution in [0.4, 0.5) is 0 Å². The first-order chi connectivity index (χ1) is 11.6. The Morgan fingerprint density at radius 1 is 1.00 bits per heavy atom. The third kappa shape index (κ3) is 3.76. The highest BCUT2D eigenvalue weighted by Crippen LogP contribution is 2.28. The van der Waals surface area contributed by atoms with Crippen LogP contribution in [0.5, 0.6) is 5.75 Å². The van der Waals surface area contributed by atoms with Crippen LogP contribution >= 0.6 is 0 Å². The first-order valence-electron chi connectivity index (χ1n) is 7.77. The van der Waals surface area contributed by atoms with Gasteiger partial charge in [-0.25, -0.2) is 9.59 Å². The van der Waals surface area contributed by atoms with Gasteiger partial charge < -0.3 is 18.8 Å². The molecule has 2 rings (SSSR count). The van der Waals surface area contributed by atoms with Crippen LogP contribution in [0.3, 0.4) is 0 Å². The fourth-order valence-corrected chi connectivity index (χ4v) is 2.41.